The summed E-state index contributed by atoms with van der Waals surface area (Å²) in [4.78, 5) is 19.3. The van der Waals surface area contributed by atoms with Crippen LogP contribution in [0.3, 0.4) is 0 Å². The second-order valence-electron chi connectivity index (χ2n) is 5.49. The van der Waals surface area contributed by atoms with Crippen molar-refractivity contribution in [2.75, 3.05) is 11.1 Å². The van der Waals surface area contributed by atoms with Gasteiger partial charge in [-0.15, -0.1) is 0 Å². The van der Waals surface area contributed by atoms with Crippen molar-refractivity contribution >= 4 is 28.6 Å². The number of nitrogens with one attached hydrogen (secondary N) is 2. The standard InChI is InChI=1S/C16H14F3N5O2/c1-8-10-4-2-3-5-11(10)26-12(8)13(16(17,18)19)24-15(25)23-9-6-21-14(20)22-7-9/h2-7,13H,1H3,(H2,20,21,22)(H2,23,24,25)/t13-/m0/s1. The number of alkyl halides is 3. The number of urea groups is 1. The van der Waals surface area contributed by atoms with Crippen molar-refractivity contribution < 1.29 is 22.4 Å². The molecule has 2 aromatic heterocycles. The first-order valence-electron chi connectivity index (χ1n) is 7.45. The first-order chi connectivity index (χ1) is 12.3. The number of hydrogen-bond donors (Lipinski definition) is 3. The third kappa shape index (κ3) is 3.53. The summed E-state index contributed by atoms with van der Waals surface area (Å²) >= 11 is 0. The van der Waals surface area contributed by atoms with Crippen LogP contribution in [0.15, 0.2) is 41.1 Å². The van der Waals surface area contributed by atoms with Crippen LogP contribution < -0.4 is 16.4 Å². The molecule has 3 rings (SSSR count). The van der Waals surface area contributed by atoms with Crippen LogP contribution in [-0.4, -0.2) is 22.2 Å². The number of nitrogen functional groups attached to an aromatic ring is 1. The van der Waals surface area contributed by atoms with Crippen molar-refractivity contribution in [2.45, 2.75) is 19.1 Å². The number of aryl methyl sites for hydroxylation is 1. The van der Waals surface area contributed by atoms with Gasteiger partial charge in [-0.1, -0.05) is 18.2 Å². The lowest BCUT2D eigenvalue weighted by Gasteiger charge is -2.20. The molecule has 2 heterocycles. The van der Waals surface area contributed by atoms with Crippen molar-refractivity contribution in [3.8, 4) is 0 Å². The average molecular weight is 365 g/mol. The quantitative estimate of drug-likeness (QED) is 0.658. The van der Waals surface area contributed by atoms with Gasteiger partial charge in [-0.25, -0.2) is 14.8 Å². The van der Waals surface area contributed by atoms with E-state index in [2.05, 4.69) is 15.3 Å². The molecule has 0 unspecified atom stereocenters. The summed E-state index contributed by atoms with van der Waals surface area (Å²) in [6.45, 7) is 1.51. The van der Waals surface area contributed by atoms with Crippen molar-refractivity contribution in [1.82, 2.24) is 15.3 Å². The maximum atomic E-state index is 13.5. The van der Waals surface area contributed by atoms with E-state index in [1.165, 1.54) is 19.3 Å². The number of carbonyl (C=O) groups is 1. The molecule has 10 heteroatoms. The Morgan fingerprint density at radius 2 is 1.88 bits per heavy atom. The average Bonchev–Trinajstić information content (AvgIpc) is 2.91. The van der Waals surface area contributed by atoms with Crippen LogP contribution >= 0.6 is 0 Å². The van der Waals surface area contributed by atoms with Gasteiger partial charge >= 0.3 is 12.2 Å². The normalized spacial score (nSPS) is 12.8. The Morgan fingerprint density at radius 3 is 2.50 bits per heavy atom. The number of carbonyl (C=O) groups excluding carboxylic acids is 1. The zero-order valence-corrected chi connectivity index (χ0v) is 13.5. The van der Waals surface area contributed by atoms with E-state index in [0.29, 0.717) is 16.5 Å². The number of anilines is 2. The predicted molar refractivity (Wildman–Crippen MR) is 88.3 cm³/mol. The van der Waals surface area contributed by atoms with Crippen LogP contribution in [0.2, 0.25) is 0 Å². The third-order valence-electron chi connectivity index (χ3n) is 3.68. The monoisotopic (exact) mass is 365 g/mol. The Bertz CT molecular complexity index is 937. The topological polar surface area (TPSA) is 106 Å². The van der Waals surface area contributed by atoms with Gasteiger partial charge in [0, 0.05) is 10.9 Å². The highest BCUT2D eigenvalue weighted by atomic mass is 19.4. The molecule has 26 heavy (non-hydrogen) atoms. The molecule has 0 aliphatic rings. The summed E-state index contributed by atoms with van der Waals surface area (Å²) in [5.74, 6) is -0.399. The van der Waals surface area contributed by atoms with E-state index in [9.17, 15) is 18.0 Å². The summed E-state index contributed by atoms with van der Waals surface area (Å²) < 4.78 is 45.9. The number of hydrogen-bond acceptors (Lipinski definition) is 5. The maximum Gasteiger partial charge on any atom is 0.416 e. The first kappa shape index (κ1) is 17.5. The predicted octanol–water partition coefficient (Wildman–Crippen LogP) is 3.54. The van der Waals surface area contributed by atoms with E-state index >= 15 is 0 Å². The maximum absolute atomic E-state index is 13.5. The number of fused-ring (bicyclic) bond motifs is 1. The highest BCUT2D eigenvalue weighted by Gasteiger charge is 2.45. The third-order valence-corrected chi connectivity index (χ3v) is 3.68. The lowest BCUT2D eigenvalue weighted by molar-refractivity contribution is -0.158. The lowest BCUT2D eigenvalue weighted by Crippen LogP contribution is -2.40. The SMILES string of the molecule is Cc1c([C@H](NC(=O)Nc2cnc(N)nc2)C(F)(F)F)oc2ccccc12. The van der Waals surface area contributed by atoms with E-state index in [4.69, 9.17) is 10.2 Å². The second-order valence-corrected chi connectivity index (χ2v) is 5.49. The van der Waals surface area contributed by atoms with Gasteiger partial charge in [-0.05, 0) is 13.0 Å². The molecular formula is C16H14F3N5O2. The molecule has 136 valence electrons. The van der Waals surface area contributed by atoms with Gasteiger partial charge in [-0.2, -0.15) is 13.2 Å². The number of aromatic nitrogens is 2. The highest BCUT2D eigenvalue weighted by molar-refractivity contribution is 5.89. The number of halogens is 3. The summed E-state index contributed by atoms with van der Waals surface area (Å²) in [6, 6.07) is 3.16. The molecule has 3 aromatic rings. The second kappa shape index (κ2) is 6.54. The molecule has 0 bridgehead atoms. The van der Waals surface area contributed by atoms with E-state index in [1.54, 1.807) is 24.3 Å². The molecule has 1 atom stereocenters. The Labute approximate surface area is 145 Å². The molecule has 7 nitrogen and oxygen atoms in total. The van der Waals surface area contributed by atoms with Crippen molar-refractivity contribution in [1.29, 1.82) is 0 Å². The number of furan rings is 1. The zero-order valence-electron chi connectivity index (χ0n) is 13.5. The largest absolute Gasteiger partial charge is 0.458 e. The van der Waals surface area contributed by atoms with E-state index in [0.717, 1.165) is 0 Å². The molecular weight excluding hydrogens is 351 g/mol. The van der Waals surface area contributed by atoms with Crippen LogP contribution in [0, 0.1) is 6.92 Å². The Hall–Kier alpha value is -3.30. The van der Waals surface area contributed by atoms with Gasteiger partial charge in [0.25, 0.3) is 0 Å². The van der Waals surface area contributed by atoms with Gasteiger partial charge < -0.3 is 20.8 Å². The molecule has 0 saturated heterocycles. The van der Waals surface area contributed by atoms with Crippen LogP contribution in [0.5, 0.6) is 0 Å². The zero-order chi connectivity index (χ0) is 18.9. The fraction of sp³-hybridized carbons (Fsp3) is 0.188. The number of rotatable bonds is 3. The Kier molecular flexibility index (Phi) is 4.41. The van der Waals surface area contributed by atoms with Crippen LogP contribution in [-0.2, 0) is 0 Å². The minimum atomic E-state index is -4.76. The summed E-state index contributed by atoms with van der Waals surface area (Å²) in [6.07, 6.45) is -2.40. The molecule has 0 spiro atoms. The van der Waals surface area contributed by atoms with Crippen LogP contribution in [0.1, 0.15) is 17.4 Å². The Morgan fingerprint density at radius 1 is 1.23 bits per heavy atom. The molecule has 1 aromatic carbocycles. The molecule has 0 aliphatic heterocycles. The fourth-order valence-corrected chi connectivity index (χ4v) is 2.47. The van der Waals surface area contributed by atoms with Crippen molar-refractivity contribution in [3.63, 3.8) is 0 Å². The molecule has 2 amide bonds. The van der Waals surface area contributed by atoms with E-state index in [-0.39, 0.29) is 17.4 Å². The summed E-state index contributed by atoms with van der Waals surface area (Å²) in [7, 11) is 0. The molecule has 0 radical (unpaired) electrons. The first-order valence-corrected chi connectivity index (χ1v) is 7.45. The molecule has 0 fully saturated rings. The molecule has 0 saturated carbocycles. The number of para-hydroxylation sites is 1. The van der Waals surface area contributed by atoms with Gasteiger partial charge in [0.05, 0.1) is 18.1 Å². The van der Waals surface area contributed by atoms with E-state index < -0.39 is 18.2 Å². The fourth-order valence-electron chi connectivity index (χ4n) is 2.47. The summed E-state index contributed by atoms with van der Waals surface area (Å²) in [5, 5.41) is 4.65. The van der Waals surface area contributed by atoms with Gasteiger partial charge in [0.1, 0.15) is 11.3 Å². The van der Waals surface area contributed by atoms with Gasteiger partial charge in [-0.3, -0.25) is 0 Å². The molecule has 4 N–H and O–H groups in total. The van der Waals surface area contributed by atoms with E-state index in [1.807, 2.05) is 5.32 Å². The number of nitrogens with two attached hydrogens (primary N) is 1. The lowest BCUT2D eigenvalue weighted by atomic mass is 10.1. The van der Waals surface area contributed by atoms with Gasteiger partial charge in [0.2, 0.25) is 5.95 Å². The minimum absolute atomic E-state index is 0.0259. The highest BCUT2D eigenvalue weighted by Crippen LogP contribution is 2.38. The Balaban J connectivity index is 1.87. The summed E-state index contributed by atoms with van der Waals surface area (Å²) in [5.41, 5.74) is 6.02. The van der Waals surface area contributed by atoms with Crippen molar-refractivity contribution in [2.24, 2.45) is 0 Å². The number of nitrogens with zero attached hydrogens (tertiary/aromatic N) is 2. The smallest absolute Gasteiger partial charge is 0.416 e. The van der Waals surface area contributed by atoms with Crippen LogP contribution in [0.25, 0.3) is 11.0 Å². The molecule has 0 aliphatic carbocycles. The van der Waals surface area contributed by atoms with Crippen molar-refractivity contribution in [3.05, 3.63) is 48.0 Å². The number of benzene rings is 1. The van der Waals surface area contributed by atoms with Crippen LogP contribution in [0.4, 0.5) is 29.6 Å². The van der Waals surface area contributed by atoms with Gasteiger partial charge in [0.15, 0.2) is 6.04 Å². The minimum Gasteiger partial charge on any atom is -0.458 e. The number of amides is 2.